The van der Waals surface area contributed by atoms with Gasteiger partial charge in [0.05, 0.1) is 7.11 Å². The van der Waals surface area contributed by atoms with Crippen LogP contribution in [0.4, 0.5) is 0 Å². The van der Waals surface area contributed by atoms with Crippen LogP contribution in [0.2, 0.25) is 0 Å². The van der Waals surface area contributed by atoms with Crippen molar-refractivity contribution >= 4 is 5.97 Å². The molecule has 2 aromatic carbocycles. The Morgan fingerprint density at radius 1 is 0.955 bits per heavy atom. The van der Waals surface area contributed by atoms with Gasteiger partial charge in [-0.05, 0) is 54.8 Å². The topological polar surface area (TPSA) is 44.8 Å². The van der Waals surface area contributed by atoms with E-state index >= 15 is 0 Å². The zero-order chi connectivity index (χ0) is 16.1. The van der Waals surface area contributed by atoms with Gasteiger partial charge in [-0.1, -0.05) is 18.2 Å². The third-order valence-electron chi connectivity index (χ3n) is 3.53. The molecule has 0 aromatic heterocycles. The van der Waals surface area contributed by atoms with Crippen molar-refractivity contribution in [2.75, 3.05) is 14.2 Å². The summed E-state index contributed by atoms with van der Waals surface area (Å²) >= 11 is 0. The number of hydrogen-bond donors (Lipinski definition) is 0. The molecule has 0 aliphatic rings. The first-order chi connectivity index (χ1) is 10.5. The minimum absolute atomic E-state index is 0.439. The number of benzene rings is 2. The van der Waals surface area contributed by atoms with Crippen LogP contribution < -0.4 is 4.74 Å². The maximum Gasteiger partial charge on any atom is 0.339 e. The van der Waals surface area contributed by atoms with Crippen LogP contribution in [0, 0.1) is 13.8 Å². The summed E-state index contributed by atoms with van der Waals surface area (Å²) in [4.78, 5) is 11.7. The van der Waals surface area contributed by atoms with E-state index in [1.54, 1.807) is 12.1 Å². The van der Waals surface area contributed by atoms with Crippen LogP contribution in [-0.2, 0) is 14.3 Å². The molecule has 0 aliphatic heterocycles. The Balaban J connectivity index is 2.24. The zero-order valence-corrected chi connectivity index (χ0v) is 13.3. The number of esters is 1. The lowest BCUT2D eigenvalue weighted by atomic mass is 10.1. The van der Waals surface area contributed by atoms with Crippen LogP contribution >= 0.6 is 0 Å². The third-order valence-corrected chi connectivity index (χ3v) is 3.53. The second-order valence-corrected chi connectivity index (χ2v) is 5.06. The molecule has 0 saturated heterocycles. The van der Waals surface area contributed by atoms with Crippen molar-refractivity contribution in [3.63, 3.8) is 0 Å². The number of carbonyl (C=O) groups excluding carboxylic acids is 1. The summed E-state index contributed by atoms with van der Waals surface area (Å²) in [6.45, 7) is 4.09. The van der Waals surface area contributed by atoms with Gasteiger partial charge < -0.3 is 14.2 Å². The molecule has 4 heteroatoms. The molecule has 0 aliphatic carbocycles. The van der Waals surface area contributed by atoms with E-state index in [2.05, 4.69) is 6.92 Å². The lowest BCUT2D eigenvalue weighted by Crippen LogP contribution is -2.15. The Bertz CT molecular complexity index is 664. The van der Waals surface area contributed by atoms with Crippen LogP contribution in [0.3, 0.4) is 0 Å². The van der Waals surface area contributed by atoms with E-state index in [9.17, 15) is 4.79 Å². The van der Waals surface area contributed by atoms with Crippen molar-refractivity contribution in [2.45, 2.75) is 20.0 Å². The van der Waals surface area contributed by atoms with E-state index in [4.69, 9.17) is 14.2 Å². The average Bonchev–Trinajstić information content (AvgIpc) is 2.52. The normalized spacial score (nSPS) is 11.8. The van der Waals surface area contributed by atoms with Gasteiger partial charge in [0.1, 0.15) is 11.5 Å². The lowest BCUT2D eigenvalue weighted by Gasteiger charge is -2.14. The molecule has 2 rings (SSSR count). The first-order valence-corrected chi connectivity index (χ1v) is 7.01. The van der Waals surface area contributed by atoms with Gasteiger partial charge in [0.25, 0.3) is 0 Å². The van der Waals surface area contributed by atoms with E-state index in [1.165, 1.54) is 19.8 Å². The SMILES string of the molecule is COC(=O)C(OC)c1cccc(Oc2ccc(C)c(C)c2)c1. The number of hydrogen-bond acceptors (Lipinski definition) is 4. The van der Waals surface area contributed by atoms with Crippen molar-refractivity contribution in [1.29, 1.82) is 0 Å². The predicted molar refractivity (Wildman–Crippen MR) is 84.2 cm³/mol. The summed E-state index contributed by atoms with van der Waals surface area (Å²) in [6, 6.07) is 13.2. The van der Waals surface area contributed by atoms with Crippen LogP contribution in [0.15, 0.2) is 42.5 Å². The first kappa shape index (κ1) is 16.0. The van der Waals surface area contributed by atoms with Gasteiger partial charge in [0.2, 0.25) is 0 Å². The number of aryl methyl sites for hydroxylation is 2. The van der Waals surface area contributed by atoms with Gasteiger partial charge in [-0.15, -0.1) is 0 Å². The van der Waals surface area contributed by atoms with E-state index < -0.39 is 12.1 Å². The maximum atomic E-state index is 11.7. The number of methoxy groups -OCH3 is 2. The lowest BCUT2D eigenvalue weighted by molar-refractivity contribution is -0.152. The molecule has 0 heterocycles. The second kappa shape index (κ2) is 7.09. The van der Waals surface area contributed by atoms with Crippen molar-refractivity contribution in [2.24, 2.45) is 0 Å². The van der Waals surface area contributed by atoms with Crippen molar-refractivity contribution in [1.82, 2.24) is 0 Å². The Morgan fingerprint density at radius 3 is 2.32 bits per heavy atom. The number of carbonyl (C=O) groups is 1. The summed E-state index contributed by atoms with van der Waals surface area (Å²) in [6.07, 6.45) is -0.756. The summed E-state index contributed by atoms with van der Waals surface area (Å²) in [5, 5.41) is 0. The van der Waals surface area contributed by atoms with Gasteiger partial charge in [0, 0.05) is 7.11 Å². The maximum absolute atomic E-state index is 11.7. The molecule has 0 saturated carbocycles. The average molecular weight is 300 g/mol. The molecule has 0 radical (unpaired) electrons. The van der Waals surface area contributed by atoms with Gasteiger partial charge >= 0.3 is 5.97 Å². The molecular formula is C18H20O4. The molecule has 1 unspecified atom stereocenters. The van der Waals surface area contributed by atoms with E-state index in [1.807, 2.05) is 37.3 Å². The van der Waals surface area contributed by atoms with Crippen LogP contribution in [0.5, 0.6) is 11.5 Å². The van der Waals surface area contributed by atoms with Crippen molar-refractivity contribution in [3.05, 3.63) is 59.2 Å². The first-order valence-electron chi connectivity index (χ1n) is 7.01. The molecule has 0 spiro atoms. The molecule has 0 fully saturated rings. The highest BCUT2D eigenvalue weighted by atomic mass is 16.6. The quantitative estimate of drug-likeness (QED) is 0.784. The Morgan fingerprint density at radius 2 is 1.68 bits per heavy atom. The van der Waals surface area contributed by atoms with Gasteiger partial charge in [-0.2, -0.15) is 0 Å². The smallest absolute Gasteiger partial charge is 0.339 e. The highest BCUT2D eigenvalue weighted by Gasteiger charge is 2.21. The number of ether oxygens (including phenoxy) is 3. The second-order valence-electron chi connectivity index (χ2n) is 5.06. The minimum atomic E-state index is -0.756. The Kier molecular flexibility index (Phi) is 5.17. The molecule has 0 N–H and O–H groups in total. The van der Waals surface area contributed by atoms with E-state index in [0.717, 1.165) is 11.3 Å². The van der Waals surface area contributed by atoms with Gasteiger partial charge in [0.15, 0.2) is 6.10 Å². The minimum Gasteiger partial charge on any atom is -0.467 e. The molecule has 0 amide bonds. The predicted octanol–water partition coefficient (Wildman–Crippen LogP) is 3.96. The van der Waals surface area contributed by atoms with E-state index in [-0.39, 0.29) is 0 Å². The fourth-order valence-corrected chi connectivity index (χ4v) is 2.13. The Hall–Kier alpha value is -2.33. The molecule has 22 heavy (non-hydrogen) atoms. The molecule has 1 atom stereocenters. The largest absolute Gasteiger partial charge is 0.467 e. The van der Waals surface area contributed by atoms with Crippen LogP contribution in [0.1, 0.15) is 22.8 Å². The van der Waals surface area contributed by atoms with Gasteiger partial charge in [-0.25, -0.2) is 4.79 Å². The fraction of sp³-hybridized carbons (Fsp3) is 0.278. The fourth-order valence-electron chi connectivity index (χ4n) is 2.13. The monoisotopic (exact) mass is 300 g/mol. The highest BCUT2D eigenvalue weighted by Crippen LogP contribution is 2.27. The van der Waals surface area contributed by atoms with Crippen LogP contribution in [-0.4, -0.2) is 20.2 Å². The molecule has 4 nitrogen and oxygen atoms in total. The molecule has 0 bridgehead atoms. The van der Waals surface area contributed by atoms with Crippen molar-refractivity contribution < 1.29 is 19.0 Å². The number of rotatable bonds is 5. The third kappa shape index (κ3) is 3.65. The van der Waals surface area contributed by atoms with Crippen LogP contribution in [0.25, 0.3) is 0 Å². The summed E-state index contributed by atoms with van der Waals surface area (Å²) in [5.41, 5.74) is 3.07. The zero-order valence-electron chi connectivity index (χ0n) is 13.3. The highest BCUT2D eigenvalue weighted by molar-refractivity contribution is 5.76. The van der Waals surface area contributed by atoms with Gasteiger partial charge in [-0.3, -0.25) is 0 Å². The summed E-state index contributed by atoms with van der Waals surface area (Å²) in [7, 11) is 2.81. The molecule has 116 valence electrons. The summed E-state index contributed by atoms with van der Waals surface area (Å²) < 4.78 is 15.8. The van der Waals surface area contributed by atoms with Crippen molar-refractivity contribution in [3.8, 4) is 11.5 Å². The Labute approximate surface area is 130 Å². The molecular weight excluding hydrogens is 280 g/mol. The summed E-state index contributed by atoms with van der Waals surface area (Å²) in [5.74, 6) is 0.963. The molecule has 2 aromatic rings. The van der Waals surface area contributed by atoms with E-state index in [0.29, 0.717) is 11.3 Å². The standard InChI is InChI=1S/C18H20O4/c1-12-8-9-16(10-13(12)2)22-15-7-5-6-14(11-15)17(20-3)18(19)21-4/h5-11,17H,1-4H3.